The molecule has 0 saturated heterocycles. The quantitative estimate of drug-likeness (QED) is 0.535. The van der Waals surface area contributed by atoms with Crippen LogP contribution in [0.1, 0.15) is 11.1 Å². The van der Waals surface area contributed by atoms with Gasteiger partial charge in [0.15, 0.2) is 0 Å². The van der Waals surface area contributed by atoms with Crippen molar-refractivity contribution in [1.82, 2.24) is 0 Å². The zero-order chi connectivity index (χ0) is 20.2. The highest BCUT2D eigenvalue weighted by atomic mass is 79.9. The standard InChI is InChI=1S/C19H15BrF3N3O/c1-26(2)17-7-6-12(9-16(17)20)8-13(11-24)18(27)25-15-5-3-4-14(10-15)19(21,22)23/h3-10H,1-2H3,(H,25,27)/b13-8-. The molecule has 1 amide bonds. The summed E-state index contributed by atoms with van der Waals surface area (Å²) in [6, 6.07) is 11.3. The number of carbonyl (C=O) groups is 1. The number of amides is 1. The first-order valence-electron chi connectivity index (χ1n) is 7.69. The number of nitrogens with one attached hydrogen (secondary N) is 1. The van der Waals surface area contributed by atoms with Crippen LogP contribution in [-0.4, -0.2) is 20.0 Å². The second kappa shape index (κ2) is 8.27. The van der Waals surface area contributed by atoms with Gasteiger partial charge in [0.2, 0.25) is 0 Å². The summed E-state index contributed by atoms with van der Waals surface area (Å²) in [5, 5.41) is 11.6. The van der Waals surface area contributed by atoms with Crippen molar-refractivity contribution in [1.29, 1.82) is 5.26 Å². The number of alkyl halides is 3. The van der Waals surface area contributed by atoms with Crippen molar-refractivity contribution in [3.8, 4) is 6.07 Å². The first kappa shape index (κ1) is 20.5. The topological polar surface area (TPSA) is 56.1 Å². The van der Waals surface area contributed by atoms with Crippen molar-refractivity contribution in [3.63, 3.8) is 0 Å². The van der Waals surface area contributed by atoms with Gasteiger partial charge in [0.25, 0.3) is 5.91 Å². The Morgan fingerprint density at radius 2 is 1.93 bits per heavy atom. The van der Waals surface area contributed by atoms with Gasteiger partial charge in [0.1, 0.15) is 11.6 Å². The van der Waals surface area contributed by atoms with Crippen molar-refractivity contribution in [2.45, 2.75) is 6.18 Å². The fourth-order valence-electron chi connectivity index (χ4n) is 2.26. The van der Waals surface area contributed by atoms with Gasteiger partial charge in [-0.3, -0.25) is 4.79 Å². The predicted octanol–water partition coefficient (Wildman–Crippen LogP) is 5.08. The average Bonchev–Trinajstić information content (AvgIpc) is 2.58. The Bertz CT molecular complexity index is 931. The predicted molar refractivity (Wildman–Crippen MR) is 102 cm³/mol. The average molecular weight is 438 g/mol. The van der Waals surface area contributed by atoms with E-state index in [1.165, 1.54) is 18.2 Å². The molecule has 0 radical (unpaired) electrons. The molecule has 1 N–H and O–H groups in total. The summed E-state index contributed by atoms with van der Waals surface area (Å²) in [7, 11) is 3.75. The van der Waals surface area contributed by atoms with Crippen molar-refractivity contribution in [3.05, 3.63) is 63.6 Å². The highest BCUT2D eigenvalue weighted by molar-refractivity contribution is 9.10. The number of halogens is 4. The molecule has 0 aromatic heterocycles. The van der Waals surface area contributed by atoms with Crippen LogP contribution in [0.3, 0.4) is 0 Å². The number of rotatable bonds is 4. The molecule has 0 aliphatic heterocycles. The molecular formula is C19H15BrF3N3O. The second-order valence-electron chi connectivity index (χ2n) is 5.81. The van der Waals surface area contributed by atoms with E-state index in [2.05, 4.69) is 21.2 Å². The molecular weight excluding hydrogens is 423 g/mol. The molecule has 140 valence electrons. The van der Waals surface area contributed by atoms with Gasteiger partial charge in [-0.2, -0.15) is 18.4 Å². The Labute approximate surface area is 163 Å². The lowest BCUT2D eigenvalue weighted by atomic mass is 10.1. The molecule has 2 aromatic carbocycles. The fourth-order valence-corrected chi connectivity index (χ4v) is 3.01. The van der Waals surface area contributed by atoms with E-state index in [4.69, 9.17) is 0 Å². The number of carbonyl (C=O) groups excluding carboxylic acids is 1. The van der Waals surface area contributed by atoms with Gasteiger partial charge in [-0.1, -0.05) is 12.1 Å². The van der Waals surface area contributed by atoms with Crippen molar-refractivity contribution >= 4 is 39.3 Å². The summed E-state index contributed by atoms with van der Waals surface area (Å²) in [5.41, 5.74) is 0.366. The first-order chi connectivity index (χ1) is 12.6. The monoisotopic (exact) mass is 437 g/mol. The molecule has 0 unspecified atom stereocenters. The first-order valence-corrected chi connectivity index (χ1v) is 8.48. The van der Waals surface area contributed by atoms with Crippen LogP contribution in [0.25, 0.3) is 6.08 Å². The van der Waals surface area contributed by atoms with Crippen molar-refractivity contribution < 1.29 is 18.0 Å². The maximum atomic E-state index is 12.8. The number of anilines is 2. The van der Waals surface area contributed by atoms with Crippen LogP contribution in [0.2, 0.25) is 0 Å². The van der Waals surface area contributed by atoms with Gasteiger partial charge in [-0.15, -0.1) is 0 Å². The van der Waals surface area contributed by atoms with E-state index in [1.54, 1.807) is 18.2 Å². The van der Waals surface area contributed by atoms with Gasteiger partial charge >= 0.3 is 6.18 Å². The Morgan fingerprint density at radius 1 is 1.22 bits per heavy atom. The molecule has 2 aromatic rings. The van der Waals surface area contributed by atoms with Crippen LogP contribution < -0.4 is 10.2 Å². The lowest BCUT2D eigenvalue weighted by Gasteiger charge is -2.14. The van der Waals surface area contributed by atoms with Crippen LogP contribution in [0, 0.1) is 11.3 Å². The summed E-state index contributed by atoms with van der Waals surface area (Å²) in [5.74, 6) is -0.787. The van der Waals surface area contributed by atoms with Gasteiger partial charge in [-0.25, -0.2) is 0 Å². The lowest BCUT2D eigenvalue weighted by molar-refractivity contribution is -0.137. The summed E-state index contributed by atoms with van der Waals surface area (Å²) in [4.78, 5) is 14.2. The molecule has 0 fully saturated rings. The van der Waals surface area contributed by atoms with Crippen LogP contribution in [-0.2, 0) is 11.0 Å². The van der Waals surface area contributed by atoms with Crippen LogP contribution in [0.15, 0.2) is 52.5 Å². The number of nitriles is 1. The zero-order valence-corrected chi connectivity index (χ0v) is 16.0. The molecule has 0 bridgehead atoms. The largest absolute Gasteiger partial charge is 0.416 e. The summed E-state index contributed by atoms with van der Waals surface area (Å²) >= 11 is 3.42. The van der Waals surface area contributed by atoms with Crippen molar-refractivity contribution in [2.75, 3.05) is 24.3 Å². The van der Waals surface area contributed by atoms with Crippen LogP contribution in [0.5, 0.6) is 0 Å². The molecule has 0 atom stereocenters. The van der Waals surface area contributed by atoms with E-state index in [0.29, 0.717) is 5.56 Å². The molecule has 8 heteroatoms. The summed E-state index contributed by atoms with van der Waals surface area (Å²) in [6.07, 6.45) is -3.15. The highest BCUT2D eigenvalue weighted by Gasteiger charge is 2.30. The number of nitrogens with zero attached hydrogens (tertiary/aromatic N) is 2. The minimum Gasteiger partial charge on any atom is -0.377 e. The Hall–Kier alpha value is -2.79. The highest BCUT2D eigenvalue weighted by Crippen LogP contribution is 2.31. The third kappa shape index (κ3) is 5.34. The third-order valence-corrected chi connectivity index (χ3v) is 4.21. The van der Waals surface area contributed by atoms with E-state index in [9.17, 15) is 23.2 Å². The molecule has 0 aliphatic carbocycles. The minimum atomic E-state index is -4.52. The number of benzene rings is 2. The van der Waals surface area contributed by atoms with Crippen LogP contribution in [0.4, 0.5) is 24.5 Å². The second-order valence-corrected chi connectivity index (χ2v) is 6.66. The molecule has 0 saturated carbocycles. The number of hydrogen-bond donors (Lipinski definition) is 1. The lowest BCUT2D eigenvalue weighted by Crippen LogP contribution is -2.14. The minimum absolute atomic E-state index is 0.0416. The molecule has 2 rings (SSSR count). The molecule has 0 heterocycles. The van der Waals surface area contributed by atoms with E-state index in [0.717, 1.165) is 22.3 Å². The van der Waals surface area contributed by atoms with E-state index in [-0.39, 0.29) is 11.3 Å². The normalized spacial score (nSPS) is 11.7. The van der Waals surface area contributed by atoms with Crippen LogP contribution >= 0.6 is 15.9 Å². The van der Waals surface area contributed by atoms with E-state index in [1.807, 2.05) is 25.1 Å². The smallest absolute Gasteiger partial charge is 0.377 e. The number of hydrogen-bond acceptors (Lipinski definition) is 3. The SMILES string of the molecule is CN(C)c1ccc(/C=C(/C#N)C(=O)Nc2cccc(C(F)(F)F)c2)cc1Br. The van der Waals surface area contributed by atoms with E-state index < -0.39 is 17.6 Å². The fraction of sp³-hybridized carbons (Fsp3) is 0.158. The summed E-state index contributed by atoms with van der Waals surface area (Å²) < 4.78 is 39.1. The van der Waals surface area contributed by atoms with Gasteiger partial charge < -0.3 is 10.2 Å². The Morgan fingerprint density at radius 3 is 2.48 bits per heavy atom. The molecule has 4 nitrogen and oxygen atoms in total. The maximum absolute atomic E-state index is 12.8. The Balaban J connectivity index is 2.25. The van der Waals surface area contributed by atoms with Gasteiger partial charge in [0.05, 0.1) is 11.3 Å². The summed E-state index contributed by atoms with van der Waals surface area (Å²) in [6.45, 7) is 0. The van der Waals surface area contributed by atoms with Crippen molar-refractivity contribution in [2.24, 2.45) is 0 Å². The van der Waals surface area contributed by atoms with Gasteiger partial charge in [-0.05, 0) is 57.9 Å². The van der Waals surface area contributed by atoms with E-state index >= 15 is 0 Å². The Kier molecular flexibility index (Phi) is 6.28. The third-order valence-electron chi connectivity index (χ3n) is 3.58. The molecule has 0 aliphatic rings. The molecule has 0 spiro atoms. The van der Waals surface area contributed by atoms with Gasteiger partial charge in [0, 0.05) is 24.3 Å². The molecule has 27 heavy (non-hydrogen) atoms. The maximum Gasteiger partial charge on any atom is 0.416 e. The zero-order valence-electron chi connectivity index (χ0n) is 14.4.